The maximum absolute atomic E-state index is 11.8. The maximum Gasteiger partial charge on any atom is 0.263 e. The molecule has 19 heavy (non-hydrogen) atoms. The first kappa shape index (κ1) is 13.1. The average molecular weight is 259 g/mol. The third kappa shape index (κ3) is 2.93. The number of hydrogen-bond acceptors (Lipinski definition) is 4. The number of rotatable bonds is 4. The second kappa shape index (κ2) is 5.56. The van der Waals surface area contributed by atoms with Gasteiger partial charge in [-0.15, -0.1) is 0 Å². The number of unbranched alkanes of at least 4 members (excludes halogenated alkanes) is 1. The first-order valence-electron chi connectivity index (χ1n) is 6.29. The Balaban J connectivity index is 2.35. The van der Waals surface area contributed by atoms with E-state index < -0.39 is 5.56 Å². The Bertz CT molecular complexity index is 618. The zero-order valence-electron chi connectivity index (χ0n) is 10.8. The first-order valence-corrected chi connectivity index (χ1v) is 6.29. The van der Waals surface area contributed by atoms with E-state index in [-0.39, 0.29) is 11.8 Å². The van der Waals surface area contributed by atoms with Crippen molar-refractivity contribution >= 4 is 5.95 Å². The molecular weight excluding hydrogens is 242 g/mol. The largest absolute Gasteiger partial charge is 0.493 e. The molecule has 0 aliphatic heterocycles. The zero-order valence-corrected chi connectivity index (χ0v) is 10.8. The highest BCUT2D eigenvalue weighted by Crippen LogP contribution is 2.13. The molecule has 1 aromatic carbocycles. The molecule has 0 bridgehead atoms. The third-order valence-electron chi connectivity index (χ3n) is 2.94. The summed E-state index contributed by atoms with van der Waals surface area (Å²) in [6.07, 6.45) is 3.31. The molecule has 2 rings (SSSR count). The van der Waals surface area contributed by atoms with Crippen LogP contribution in [0.5, 0.6) is 5.88 Å². The van der Waals surface area contributed by atoms with Crippen molar-refractivity contribution in [3.05, 3.63) is 46.2 Å². The molecule has 2 aromatic rings. The molecule has 0 saturated carbocycles. The molecule has 1 aromatic heterocycles. The highest BCUT2D eigenvalue weighted by molar-refractivity contribution is 5.41. The fraction of sp³-hybridized carbons (Fsp3) is 0.286. The van der Waals surface area contributed by atoms with E-state index in [0.29, 0.717) is 5.69 Å². The summed E-state index contributed by atoms with van der Waals surface area (Å²) >= 11 is 0. The van der Waals surface area contributed by atoms with Gasteiger partial charge in [-0.1, -0.05) is 25.5 Å². The summed E-state index contributed by atoms with van der Waals surface area (Å²) in [5.41, 5.74) is 7.14. The number of aromatic nitrogens is 2. The van der Waals surface area contributed by atoms with Gasteiger partial charge in [0.2, 0.25) is 11.8 Å². The second-order valence-corrected chi connectivity index (χ2v) is 4.42. The van der Waals surface area contributed by atoms with Crippen LogP contribution in [0.25, 0.3) is 5.69 Å². The molecule has 0 radical (unpaired) electrons. The predicted molar refractivity (Wildman–Crippen MR) is 74.5 cm³/mol. The molecule has 0 unspecified atom stereocenters. The summed E-state index contributed by atoms with van der Waals surface area (Å²) in [5, 5.41) is 9.20. The van der Waals surface area contributed by atoms with Crippen molar-refractivity contribution in [2.75, 3.05) is 5.73 Å². The van der Waals surface area contributed by atoms with Crippen molar-refractivity contribution < 1.29 is 5.11 Å². The number of anilines is 1. The van der Waals surface area contributed by atoms with Crippen molar-refractivity contribution in [3.8, 4) is 11.6 Å². The van der Waals surface area contributed by atoms with Gasteiger partial charge in [0.25, 0.3) is 5.56 Å². The second-order valence-electron chi connectivity index (χ2n) is 4.42. The van der Waals surface area contributed by atoms with Crippen LogP contribution in [-0.2, 0) is 6.42 Å². The van der Waals surface area contributed by atoms with Gasteiger partial charge in [0.1, 0.15) is 0 Å². The molecule has 100 valence electrons. The minimum Gasteiger partial charge on any atom is -0.493 e. The average Bonchev–Trinajstić information content (AvgIpc) is 2.36. The normalized spacial score (nSPS) is 10.6. The molecule has 0 aliphatic carbocycles. The molecule has 0 spiro atoms. The number of nitrogens with two attached hydrogens (primary N) is 1. The van der Waals surface area contributed by atoms with Crippen LogP contribution in [-0.4, -0.2) is 14.7 Å². The van der Waals surface area contributed by atoms with E-state index in [1.54, 1.807) is 0 Å². The summed E-state index contributed by atoms with van der Waals surface area (Å²) in [7, 11) is 0. The Kier molecular flexibility index (Phi) is 3.85. The number of hydrogen-bond donors (Lipinski definition) is 2. The Morgan fingerprint density at radius 1 is 1.32 bits per heavy atom. The van der Waals surface area contributed by atoms with Gasteiger partial charge < -0.3 is 10.8 Å². The number of benzene rings is 1. The van der Waals surface area contributed by atoms with Gasteiger partial charge in [0.05, 0.1) is 11.8 Å². The topological polar surface area (TPSA) is 81.1 Å². The molecule has 5 nitrogen and oxygen atoms in total. The van der Waals surface area contributed by atoms with E-state index in [1.165, 1.54) is 10.1 Å². The number of aromatic hydroxyl groups is 1. The van der Waals surface area contributed by atoms with Crippen molar-refractivity contribution in [2.24, 2.45) is 0 Å². The van der Waals surface area contributed by atoms with Crippen LogP contribution in [0.15, 0.2) is 35.1 Å². The molecule has 0 atom stereocenters. The van der Waals surface area contributed by atoms with Gasteiger partial charge in [0, 0.05) is 0 Å². The van der Waals surface area contributed by atoms with Gasteiger partial charge in [-0.25, -0.2) is 4.57 Å². The molecule has 1 heterocycles. The first-order chi connectivity index (χ1) is 9.11. The van der Waals surface area contributed by atoms with Crippen LogP contribution in [0.4, 0.5) is 5.95 Å². The molecular formula is C14H17N3O2. The quantitative estimate of drug-likeness (QED) is 0.878. The fourth-order valence-corrected chi connectivity index (χ4v) is 1.94. The lowest BCUT2D eigenvalue weighted by Crippen LogP contribution is -2.21. The van der Waals surface area contributed by atoms with E-state index in [0.717, 1.165) is 25.3 Å². The zero-order chi connectivity index (χ0) is 13.8. The molecule has 3 N–H and O–H groups in total. The summed E-state index contributed by atoms with van der Waals surface area (Å²) in [5.74, 6) is -0.385. The van der Waals surface area contributed by atoms with Gasteiger partial charge in [-0.2, -0.15) is 4.98 Å². The highest BCUT2D eigenvalue weighted by Gasteiger charge is 2.07. The number of nitrogen functional groups attached to an aromatic ring is 1. The van der Waals surface area contributed by atoms with Crippen LogP contribution in [0.2, 0.25) is 0 Å². The number of nitrogens with zero attached hydrogens (tertiary/aromatic N) is 2. The van der Waals surface area contributed by atoms with Crippen LogP contribution < -0.4 is 11.3 Å². The Morgan fingerprint density at radius 3 is 2.58 bits per heavy atom. The standard InChI is InChI=1S/C14H17N3O2/c1-2-3-4-10-5-7-11(8-6-10)17-13(19)9-12(18)16-14(17)15/h5-9,18H,2-4H2,1H3,(H2,15,16). The van der Waals surface area contributed by atoms with Gasteiger partial charge in [-0.3, -0.25) is 4.79 Å². The van der Waals surface area contributed by atoms with E-state index in [9.17, 15) is 9.90 Å². The summed E-state index contributed by atoms with van der Waals surface area (Å²) in [6.45, 7) is 2.15. The fourth-order valence-electron chi connectivity index (χ4n) is 1.94. The minimum atomic E-state index is -0.397. The summed E-state index contributed by atoms with van der Waals surface area (Å²) in [6, 6.07) is 8.66. The molecule has 5 heteroatoms. The van der Waals surface area contributed by atoms with Crippen LogP contribution in [0.3, 0.4) is 0 Å². The number of aryl methyl sites for hydroxylation is 1. The van der Waals surface area contributed by atoms with Gasteiger partial charge in [-0.05, 0) is 30.5 Å². The maximum atomic E-state index is 11.8. The van der Waals surface area contributed by atoms with Crippen LogP contribution >= 0.6 is 0 Å². The Labute approximate surface area is 111 Å². The van der Waals surface area contributed by atoms with Gasteiger partial charge >= 0.3 is 0 Å². The van der Waals surface area contributed by atoms with E-state index in [2.05, 4.69) is 11.9 Å². The SMILES string of the molecule is CCCCc1ccc(-n2c(N)nc(O)cc2=O)cc1. The van der Waals surface area contributed by atoms with Crippen molar-refractivity contribution in [3.63, 3.8) is 0 Å². The molecule has 0 fully saturated rings. The third-order valence-corrected chi connectivity index (χ3v) is 2.94. The Morgan fingerprint density at radius 2 is 2.00 bits per heavy atom. The summed E-state index contributed by atoms with van der Waals surface area (Å²) in [4.78, 5) is 15.5. The predicted octanol–water partition coefficient (Wildman–Crippen LogP) is 1.86. The van der Waals surface area contributed by atoms with E-state index >= 15 is 0 Å². The summed E-state index contributed by atoms with van der Waals surface area (Å²) < 4.78 is 1.27. The lowest BCUT2D eigenvalue weighted by Gasteiger charge is -2.09. The van der Waals surface area contributed by atoms with Crippen molar-refractivity contribution in [1.29, 1.82) is 0 Å². The van der Waals surface area contributed by atoms with Crippen LogP contribution in [0, 0.1) is 0 Å². The molecule has 0 amide bonds. The van der Waals surface area contributed by atoms with Crippen molar-refractivity contribution in [1.82, 2.24) is 9.55 Å². The molecule has 0 aliphatic rings. The lowest BCUT2D eigenvalue weighted by molar-refractivity contribution is 0.451. The Hall–Kier alpha value is -2.30. The van der Waals surface area contributed by atoms with Gasteiger partial charge in [0.15, 0.2) is 0 Å². The minimum absolute atomic E-state index is 0.0219. The monoisotopic (exact) mass is 259 g/mol. The van der Waals surface area contributed by atoms with E-state index in [4.69, 9.17) is 5.73 Å². The molecule has 0 saturated heterocycles. The van der Waals surface area contributed by atoms with E-state index in [1.807, 2.05) is 24.3 Å². The smallest absolute Gasteiger partial charge is 0.263 e. The lowest BCUT2D eigenvalue weighted by atomic mass is 10.1. The van der Waals surface area contributed by atoms with Crippen molar-refractivity contribution in [2.45, 2.75) is 26.2 Å². The van der Waals surface area contributed by atoms with Crippen LogP contribution in [0.1, 0.15) is 25.3 Å². The highest BCUT2D eigenvalue weighted by atomic mass is 16.3.